The minimum absolute atomic E-state index is 0.611. The maximum absolute atomic E-state index is 3.59. The zero-order chi connectivity index (χ0) is 11.9. The molecule has 96 valence electrons. The van der Waals surface area contributed by atoms with Crippen LogP contribution in [0.1, 0.15) is 72.1 Å². The van der Waals surface area contributed by atoms with Crippen LogP contribution in [0, 0.1) is 11.3 Å². The Balaban J connectivity index is 2.51. The molecule has 1 nitrogen and oxygen atoms in total. The molecule has 1 aliphatic heterocycles. The van der Waals surface area contributed by atoms with Crippen molar-refractivity contribution in [3.8, 4) is 0 Å². The lowest BCUT2D eigenvalue weighted by Gasteiger charge is -2.40. The van der Waals surface area contributed by atoms with Crippen molar-refractivity contribution in [3.05, 3.63) is 0 Å². The highest BCUT2D eigenvalue weighted by molar-refractivity contribution is 4.86. The average molecular weight is 225 g/mol. The van der Waals surface area contributed by atoms with Crippen molar-refractivity contribution in [1.29, 1.82) is 0 Å². The summed E-state index contributed by atoms with van der Waals surface area (Å²) in [6.07, 6.45) is 11.2. The van der Waals surface area contributed by atoms with Crippen LogP contribution in [-0.2, 0) is 0 Å². The molecular formula is C15H31N. The van der Waals surface area contributed by atoms with Crippen molar-refractivity contribution in [2.24, 2.45) is 11.3 Å². The average Bonchev–Trinajstić information content (AvgIpc) is 2.35. The van der Waals surface area contributed by atoms with Crippen LogP contribution < -0.4 is 5.32 Å². The highest BCUT2D eigenvalue weighted by Crippen LogP contribution is 2.41. The Morgan fingerprint density at radius 2 is 1.75 bits per heavy atom. The van der Waals surface area contributed by atoms with Gasteiger partial charge in [-0.25, -0.2) is 0 Å². The first-order chi connectivity index (χ1) is 7.73. The highest BCUT2D eigenvalue weighted by atomic mass is 14.9. The molecule has 0 aliphatic carbocycles. The molecule has 1 aliphatic rings. The molecule has 1 rings (SSSR count). The van der Waals surface area contributed by atoms with E-state index in [0.717, 1.165) is 5.92 Å². The number of nitrogens with one attached hydrogen (secondary N) is 1. The molecule has 0 saturated carbocycles. The van der Waals surface area contributed by atoms with Crippen LogP contribution in [0.3, 0.4) is 0 Å². The van der Waals surface area contributed by atoms with Gasteiger partial charge in [-0.15, -0.1) is 0 Å². The molecule has 1 atom stereocenters. The third-order valence-electron chi connectivity index (χ3n) is 4.49. The van der Waals surface area contributed by atoms with Crippen LogP contribution in [0.2, 0.25) is 0 Å². The number of piperidine rings is 1. The lowest BCUT2D eigenvalue weighted by atomic mass is 9.68. The fraction of sp³-hybridized carbons (Fsp3) is 1.00. The van der Waals surface area contributed by atoms with Crippen LogP contribution in [0.5, 0.6) is 0 Å². The van der Waals surface area contributed by atoms with Gasteiger partial charge in [-0.05, 0) is 50.1 Å². The van der Waals surface area contributed by atoms with E-state index in [9.17, 15) is 0 Å². The summed E-state index contributed by atoms with van der Waals surface area (Å²) in [4.78, 5) is 0. The number of hydrogen-bond donors (Lipinski definition) is 1. The summed E-state index contributed by atoms with van der Waals surface area (Å²) in [5, 5.41) is 3.59. The predicted octanol–water partition coefficient (Wildman–Crippen LogP) is 4.37. The normalized spacial score (nSPS) is 22.3. The van der Waals surface area contributed by atoms with Crippen molar-refractivity contribution in [2.75, 3.05) is 13.1 Å². The first-order valence-corrected chi connectivity index (χ1v) is 7.43. The molecule has 1 saturated heterocycles. The Morgan fingerprint density at radius 3 is 2.19 bits per heavy atom. The van der Waals surface area contributed by atoms with E-state index in [0.29, 0.717) is 5.41 Å². The summed E-state index contributed by atoms with van der Waals surface area (Å²) >= 11 is 0. The van der Waals surface area contributed by atoms with E-state index in [1.807, 2.05) is 0 Å². The lowest BCUT2D eigenvalue weighted by molar-refractivity contribution is 0.117. The van der Waals surface area contributed by atoms with E-state index in [2.05, 4.69) is 26.1 Å². The molecular weight excluding hydrogens is 194 g/mol. The van der Waals surface area contributed by atoms with Crippen molar-refractivity contribution < 1.29 is 0 Å². The molecule has 0 aromatic carbocycles. The Bertz CT molecular complexity index is 162. The topological polar surface area (TPSA) is 12.0 Å². The zero-order valence-corrected chi connectivity index (χ0v) is 11.6. The van der Waals surface area contributed by atoms with Gasteiger partial charge in [0, 0.05) is 0 Å². The van der Waals surface area contributed by atoms with Gasteiger partial charge in [0.15, 0.2) is 0 Å². The standard InChI is InChI=1S/C15H31N/c1-4-6-10-15(3,11-7-5-2)14-9-8-12-16-13-14/h14,16H,4-13H2,1-3H3. The highest BCUT2D eigenvalue weighted by Gasteiger charge is 2.33. The summed E-state index contributed by atoms with van der Waals surface area (Å²) in [5.74, 6) is 0.930. The van der Waals surface area contributed by atoms with Gasteiger partial charge in [0.25, 0.3) is 0 Å². The van der Waals surface area contributed by atoms with E-state index in [1.54, 1.807) is 0 Å². The zero-order valence-electron chi connectivity index (χ0n) is 11.6. The maximum atomic E-state index is 3.59. The van der Waals surface area contributed by atoms with Crippen LogP contribution in [-0.4, -0.2) is 13.1 Å². The van der Waals surface area contributed by atoms with Gasteiger partial charge < -0.3 is 5.32 Å². The lowest BCUT2D eigenvalue weighted by Crippen LogP contribution is -2.39. The minimum atomic E-state index is 0.611. The van der Waals surface area contributed by atoms with Crippen LogP contribution >= 0.6 is 0 Å². The number of hydrogen-bond acceptors (Lipinski definition) is 1. The van der Waals surface area contributed by atoms with Gasteiger partial charge in [0.05, 0.1) is 0 Å². The van der Waals surface area contributed by atoms with Crippen molar-refractivity contribution in [1.82, 2.24) is 5.32 Å². The van der Waals surface area contributed by atoms with Crippen molar-refractivity contribution in [3.63, 3.8) is 0 Å². The Labute approximate surface area is 102 Å². The third kappa shape index (κ3) is 4.08. The van der Waals surface area contributed by atoms with Gasteiger partial charge >= 0.3 is 0 Å². The summed E-state index contributed by atoms with van der Waals surface area (Å²) < 4.78 is 0. The predicted molar refractivity (Wildman–Crippen MR) is 72.8 cm³/mol. The van der Waals surface area contributed by atoms with Crippen molar-refractivity contribution in [2.45, 2.75) is 72.1 Å². The van der Waals surface area contributed by atoms with Crippen LogP contribution in [0.25, 0.3) is 0 Å². The SMILES string of the molecule is CCCCC(C)(CCCC)C1CCCNC1. The van der Waals surface area contributed by atoms with Crippen LogP contribution in [0.15, 0.2) is 0 Å². The Morgan fingerprint density at radius 1 is 1.12 bits per heavy atom. The quantitative estimate of drug-likeness (QED) is 0.678. The molecule has 1 fully saturated rings. The second-order valence-corrected chi connectivity index (χ2v) is 5.90. The molecule has 16 heavy (non-hydrogen) atoms. The molecule has 1 N–H and O–H groups in total. The Kier molecular flexibility index (Phi) is 6.41. The molecule has 1 heterocycles. The fourth-order valence-corrected chi connectivity index (χ4v) is 3.14. The minimum Gasteiger partial charge on any atom is -0.316 e. The molecule has 0 aromatic heterocycles. The molecule has 1 unspecified atom stereocenters. The first-order valence-electron chi connectivity index (χ1n) is 7.43. The number of unbranched alkanes of at least 4 members (excludes halogenated alkanes) is 2. The maximum Gasteiger partial charge on any atom is -0.00153 e. The van der Waals surface area contributed by atoms with Gasteiger partial charge in [0.1, 0.15) is 0 Å². The van der Waals surface area contributed by atoms with Gasteiger partial charge in [0.2, 0.25) is 0 Å². The molecule has 1 heteroatoms. The molecule has 0 bridgehead atoms. The second-order valence-electron chi connectivity index (χ2n) is 5.90. The van der Waals surface area contributed by atoms with Gasteiger partial charge in [-0.3, -0.25) is 0 Å². The Hall–Kier alpha value is -0.0400. The van der Waals surface area contributed by atoms with Gasteiger partial charge in [-0.2, -0.15) is 0 Å². The molecule has 0 amide bonds. The first kappa shape index (κ1) is 14.0. The van der Waals surface area contributed by atoms with E-state index in [4.69, 9.17) is 0 Å². The number of rotatable bonds is 7. The summed E-state index contributed by atoms with van der Waals surface area (Å²) in [6.45, 7) is 9.70. The van der Waals surface area contributed by atoms with E-state index in [1.165, 1.54) is 64.5 Å². The third-order valence-corrected chi connectivity index (χ3v) is 4.49. The molecule has 0 aromatic rings. The molecule has 0 spiro atoms. The second kappa shape index (κ2) is 7.32. The smallest absolute Gasteiger partial charge is 0.00153 e. The summed E-state index contributed by atoms with van der Waals surface area (Å²) in [6, 6.07) is 0. The van der Waals surface area contributed by atoms with Gasteiger partial charge in [-0.1, -0.05) is 46.5 Å². The van der Waals surface area contributed by atoms with E-state index < -0.39 is 0 Å². The summed E-state index contributed by atoms with van der Waals surface area (Å²) in [7, 11) is 0. The largest absolute Gasteiger partial charge is 0.316 e. The monoisotopic (exact) mass is 225 g/mol. The van der Waals surface area contributed by atoms with Crippen LogP contribution in [0.4, 0.5) is 0 Å². The summed E-state index contributed by atoms with van der Waals surface area (Å²) in [5.41, 5.74) is 0.611. The van der Waals surface area contributed by atoms with E-state index in [-0.39, 0.29) is 0 Å². The fourth-order valence-electron chi connectivity index (χ4n) is 3.14. The molecule has 0 radical (unpaired) electrons. The van der Waals surface area contributed by atoms with E-state index >= 15 is 0 Å². The van der Waals surface area contributed by atoms with Crippen molar-refractivity contribution >= 4 is 0 Å².